The summed E-state index contributed by atoms with van der Waals surface area (Å²) in [7, 11) is 0. The van der Waals surface area contributed by atoms with Crippen LogP contribution in [0.15, 0.2) is 0 Å². The summed E-state index contributed by atoms with van der Waals surface area (Å²) in [6.07, 6.45) is 2.50. The molecule has 0 spiro atoms. The van der Waals surface area contributed by atoms with Crippen LogP contribution in [0.4, 0.5) is 0 Å². The smallest absolute Gasteiger partial charge is 1.00 e. The fraction of sp³-hybridized carbons (Fsp3) is 1.00. The van der Waals surface area contributed by atoms with Gasteiger partial charge in [-0.05, 0) is 0 Å². The first kappa shape index (κ1) is 14.5. The number of hydrogen-bond donors (Lipinski definition) is 0. The summed E-state index contributed by atoms with van der Waals surface area (Å²) in [5, 5.41) is 4.65. The topological polar surface area (TPSA) is 14.1 Å². The molecule has 3 heteroatoms. The van der Waals surface area contributed by atoms with Gasteiger partial charge >= 0.3 is 23.1 Å². The second kappa shape index (κ2) is 4.31. The summed E-state index contributed by atoms with van der Waals surface area (Å²) in [6.45, 7) is 8.84. The molecule has 0 N–H and O–H groups in total. The van der Waals surface area contributed by atoms with Crippen LogP contribution < -0.4 is 12.4 Å². The van der Waals surface area contributed by atoms with Gasteiger partial charge in [0.2, 0.25) is 0 Å². The fourth-order valence-corrected chi connectivity index (χ4v) is 1.54. The maximum atomic E-state index is 4.65. The van der Waals surface area contributed by atoms with Crippen molar-refractivity contribution in [2.24, 2.45) is 0 Å². The van der Waals surface area contributed by atoms with Crippen molar-refractivity contribution in [3.05, 3.63) is 5.32 Å². The second-order valence-electron chi connectivity index (χ2n) is 4.24. The van der Waals surface area contributed by atoms with Gasteiger partial charge in [0.15, 0.2) is 0 Å². The molecule has 0 atom stereocenters. The molecule has 0 bridgehead atoms. The minimum Gasteiger partial charge on any atom is -1.00 e. The minimum atomic E-state index is 0. The van der Waals surface area contributed by atoms with Crippen LogP contribution in [0.3, 0.4) is 0 Å². The quantitative estimate of drug-likeness (QED) is 0.445. The van der Waals surface area contributed by atoms with E-state index in [1.54, 1.807) is 0 Å². The summed E-state index contributed by atoms with van der Waals surface area (Å²) < 4.78 is 0. The van der Waals surface area contributed by atoms with E-state index in [4.69, 9.17) is 0 Å². The molecule has 0 aromatic carbocycles. The molecule has 0 aromatic rings. The van der Waals surface area contributed by atoms with Crippen molar-refractivity contribution in [3.8, 4) is 0 Å². The monoisotopic (exact) mass is 185 g/mol. The number of nitrogens with zero attached hydrogens (tertiary/aromatic N) is 1. The van der Waals surface area contributed by atoms with E-state index in [1.165, 1.54) is 12.8 Å². The van der Waals surface area contributed by atoms with Gasteiger partial charge < -0.3 is 17.7 Å². The average molecular weight is 186 g/mol. The molecule has 0 amide bonds. The van der Waals surface area contributed by atoms with Crippen molar-refractivity contribution in [1.82, 2.24) is 0 Å². The van der Waals surface area contributed by atoms with Gasteiger partial charge in [0.25, 0.3) is 0 Å². The maximum Gasteiger partial charge on any atom is 2.00 e. The molecule has 11 heavy (non-hydrogen) atoms. The van der Waals surface area contributed by atoms with Gasteiger partial charge in [-0.2, -0.15) is 0 Å². The molecule has 1 saturated heterocycles. The van der Waals surface area contributed by atoms with Gasteiger partial charge in [-0.25, -0.2) is 0 Å². The molecule has 0 aliphatic carbocycles. The van der Waals surface area contributed by atoms with E-state index in [0.717, 1.165) is 0 Å². The maximum absolute atomic E-state index is 4.65. The van der Waals surface area contributed by atoms with Crippen molar-refractivity contribution in [3.63, 3.8) is 0 Å². The number of halogens is 1. The Hall–Kier alpha value is 1.02. The molecule has 62 valence electrons. The van der Waals surface area contributed by atoms with Crippen LogP contribution in [0.5, 0.6) is 0 Å². The second-order valence-corrected chi connectivity index (χ2v) is 4.24. The van der Waals surface area contributed by atoms with Gasteiger partial charge in [0.05, 0.1) is 0 Å². The third-order valence-electron chi connectivity index (χ3n) is 1.95. The Morgan fingerprint density at radius 1 is 0.909 bits per heavy atom. The molecular weight excluding hydrogens is 170 g/mol. The van der Waals surface area contributed by atoms with Crippen LogP contribution in [0, 0.1) is 0 Å². The summed E-state index contributed by atoms with van der Waals surface area (Å²) in [6, 6.07) is 0. The standard InChI is InChI=1S/C8H16N.ClH.Mg/c1-7(2)5-6-8(3,4)9-7;;/h5-6H2,1-4H3;1H;/q-1;;+2/p-1. The molecule has 1 aliphatic rings. The Labute approximate surface area is 92.3 Å². The Balaban J connectivity index is 0. The Kier molecular flexibility index (Phi) is 5.69. The van der Waals surface area contributed by atoms with Crippen molar-refractivity contribution in [2.45, 2.75) is 51.6 Å². The molecule has 1 rings (SSSR count). The molecule has 1 heterocycles. The van der Waals surface area contributed by atoms with Crippen molar-refractivity contribution in [1.29, 1.82) is 0 Å². The minimum absolute atomic E-state index is 0. The molecule has 0 radical (unpaired) electrons. The molecule has 0 saturated carbocycles. The average Bonchev–Trinajstić information content (AvgIpc) is 1.78. The third kappa shape index (κ3) is 4.56. The van der Waals surface area contributed by atoms with Gasteiger partial charge in [0.1, 0.15) is 0 Å². The first-order valence-corrected chi connectivity index (χ1v) is 3.65. The van der Waals surface area contributed by atoms with Gasteiger partial charge in [0, 0.05) is 0 Å². The fourth-order valence-electron chi connectivity index (χ4n) is 1.54. The zero-order valence-electron chi connectivity index (χ0n) is 7.95. The van der Waals surface area contributed by atoms with Crippen LogP contribution >= 0.6 is 0 Å². The molecule has 1 nitrogen and oxygen atoms in total. The Bertz CT molecular complexity index is 109. The largest absolute Gasteiger partial charge is 2.00 e. The third-order valence-corrected chi connectivity index (χ3v) is 1.95. The van der Waals surface area contributed by atoms with E-state index in [0.29, 0.717) is 0 Å². The van der Waals surface area contributed by atoms with Crippen molar-refractivity contribution in [2.75, 3.05) is 0 Å². The van der Waals surface area contributed by atoms with Crippen LogP contribution in [0.2, 0.25) is 0 Å². The summed E-state index contributed by atoms with van der Waals surface area (Å²) in [5.74, 6) is 0. The summed E-state index contributed by atoms with van der Waals surface area (Å²) in [5.41, 5.74) is 0.507. The van der Waals surface area contributed by atoms with E-state index in [9.17, 15) is 0 Å². The van der Waals surface area contributed by atoms with Crippen LogP contribution in [0.1, 0.15) is 40.5 Å². The van der Waals surface area contributed by atoms with Gasteiger partial charge in [-0.1, -0.05) is 40.5 Å². The van der Waals surface area contributed by atoms with E-state index in [-0.39, 0.29) is 46.5 Å². The van der Waals surface area contributed by atoms with E-state index in [2.05, 4.69) is 33.0 Å². The summed E-state index contributed by atoms with van der Waals surface area (Å²) >= 11 is 0. The van der Waals surface area contributed by atoms with E-state index >= 15 is 0 Å². The molecule has 0 aromatic heterocycles. The molecule has 1 aliphatic heterocycles. The molecular formula is C8H16ClMgN. The van der Waals surface area contributed by atoms with Gasteiger partial charge in [-0.15, -0.1) is 11.1 Å². The Morgan fingerprint density at radius 2 is 1.18 bits per heavy atom. The zero-order valence-corrected chi connectivity index (χ0v) is 10.1. The SMILES string of the molecule is CC1(C)CCC(C)(C)[N-]1.[Cl-].[Mg+2]. The first-order chi connectivity index (χ1) is 3.91. The molecule has 1 fully saturated rings. The Morgan fingerprint density at radius 3 is 1.27 bits per heavy atom. The first-order valence-electron chi connectivity index (χ1n) is 3.65. The van der Waals surface area contributed by atoms with E-state index in [1.807, 2.05) is 0 Å². The van der Waals surface area contributed by atoms with Crippen LogP contribution in [-0.2, 0) is 0 Å². The predicted octanol–water partition coefficient (Wildman–Crippen LogP) is -0.666. The predicted molar refractivity (Wildman–Crippen MR) is 46.5 cm³/mol. The van der Waals surface area contributed by atoms with Crippen LogP contribution in [-0.4, -0.2) is 34.1 Å². The number of hydrogen-bond acceptors (Lipinski definition) is 0. The zero-order chi connectivity index (χ0) is 7.12. The van der Waals surface area contributed by atoms with Crippen LogP contribution in [0.25, 0.3) is 5.32 Å². The normalized spacial score (nSPS) is 25.1. The number of rotatable bonds is 0. The molecule has 0 unspecified atom stereocenters. The van der Waals surface area contributed by atoms with Crippen molar-refractivity contribution < 1.29 is 12.4 Å². The van der Waals surface area contributed by atoms with E-state index < -0.39 is 0 Å². The summed E-state index contributed by atoms with van der Waals surface area (Å²) in [4.78, 5) is 0. The van der Waals surface area contributed by atoms with Gasteiger partial charge in [-0.3, -0.25) is 0 Å². The van der Waals surface area contributed by atoms with Crippen molar-refractivity contribution >= 4 is 23.1 Å².